The number of aromatic nitrogens is 2. The van der Waals surface area contributed by atoms with Crippen molar-refractivity contribution in [2.75, 3.05) is 6.61 Å². The SMILES string of the molecule is C=CCCc1ccc2c(-c3ccc4c5c(ccnc35)CCO4)c([C@H](OC(C)(C)C)C(C)=O)c(C)cc2n1. The Bertz CT molecular complexity index is 1520. The van der Waals surface area contributed by atoms with Crippen LogP contribution in [0.4, 0.5) is 0 Å². The summed E-state index contributed by atoms with van der Waals surface area (Å²) in [6.07, 6.45) is 5.60. The van der Waals surface area contributed by atoms with Crippen LogP contribution in [0, 0.1) is 6.92 Å². The number of carbonyl (C=O) groups excluding carboxylic acids is 1. The first-order valence-corrected chi connectivity index (χ1v) is 12.9. The third-order valence-corrected chi connectivity index (χ3v) is 6.85. The zero-order chi connectivity index (χ0) is 26.3. The van der Waals surface area contributed by atoms with Gasteiger partial charge in [0.05, 0.1) is 23.2 Å². The molecule has 0 fully saturated rings. The number of carbonyl (C=O) groups is 1. The zero-order valence-electron chi connectivity index (χ0n) is 22.4. The van der Waals surface area contributed by atoms with Crippen LogP contribution in [0.5, 0.6) is 5.75 Å². The van der Waals surface area contributed by atoms with Crippen molar-refractivity contribution in [1.29, 1.82) is 0 Å². The molecule has 1 aliphatic heterocycles. The Morgan fingerprint density at radius 3 is 2.76 bits per heavy atom. The van der Waals surface area contributed by atoms with E-state index in [4.69, 9.17) is 19.4 Å². The van der Waals surface area contributed by atoms with E-state index < -0.39 is 11.7 Å². The maximum Gasteiger partial charge on any atom is 0.163 e. The second-order valence-corrected chi connectivity index (χ2v) is 10.8. The molecule has 1 atom stereocenters. The third-order valence-electron chi connectivity index (χ3n) is 6.85. The van der Waals surface area contributed by atoms with Gasteiger partial charge in [0.1, 0.15) is 11.9 Å². The van der Waals surface area contributed by atoms with Gasteiger partial charge in [0.15, 0.2) is 5.78 Å². The Kier molecular flexibility index (Phi) is 6.59. The summed E-state index contributed by atoms with van der Waals surface area (Å²) < 4.78 is 12.4. The van der Waals surface area contributed by atoms with Gasteiger partial charge >= 0.3 is 0 Å². The van der Waals surface area contributed by atoms with E-state index in [-0.39, 0.29) is 5.78 Å². The molecule has 5 rings (SSSR count). The highest BCUT2D eigenvalue weighted by Crippen LogP contribution is 2.45. The lowest BCUT2D eigenvalue weighted by molar-refractivity contribution is -0.138. The Morgan fingerprint density at radius 1 is 1.22 bits per heavy atom. The molecule has 0 aliphatic carbocycles. The van der Waals surface area contributed by atoms with Crippen LogP contribution in [0.3, 0.4) is 0 Å². The van der Waals surface area contributed by atoms with Crippen molar-refractivity contribution in [2.24, 2.45) is 0 Å². The van der Waals surface area contributed by atoms with Crippen LogP contribution < -0.4 is 4.74 Å². The summed E-state index contributed by atoms with van der Waals surface area (Å²) in [4.78, 5) is 22.9. The van der Waals surface area contributed by atoms with Crippen molar-refractivity contribution in [3.05, 3.63) is 77.6 Å². The molecule has 4 aromatic rings. The normalized spacial score (nSPS) is 14.0. The van der Waals surface area contributed by atoms with E-state index in [2.05, 4.69) is 36.9 Å². The first kappa shape index (κ1) is 25.1. The van der Waals surface area contributed by atoms with Gasteiger partial charge in [-0.25, -0.2) is 0 Å². The van der Waals surface area contributed by atoms with Gasteiger partial charge < -0.3 is 9.47 Å². The molecule has 1 aliphatic rings. The number of pyridine rings is 2. The molecular weight excluding hydrogens is 460 g/mol. The van der Waals surface area contributed by atoms with Crippen LogP contribution in [0.2, 0.25) is 0 Å². The molecule has 0 saturated carbocycles. The Labute approximate surface area is 218 Å². The Hall–Kier alpha value is -3.57. The summed E-state index contributed by atoms with van der Waals surface area (Å²) in [6.45, 7) is 14.1. The van der Waals surface area contributed by atoms with Gasteiger partial charge in [-0.05, 0) is 100 Å². The monoisotopic (exact) mass is 494 g/mol. The first-order chi connectivity index (χ1) is 17.7. The lowest BCUT2D eigenvalue weighted by Gasteiger charge is -2.30. The quantitative estimate of drug-likeness (QED) is 0.253. The number of rotatable bonds is 7. The van der Waals surface area contributed by atoms with Gasteiger partial charge in [-0.1, -0.05) is 12.1 Å². The smallest absolute Gasteiger partial charge is 0.163 e. The maximum absolute atomic E-state index is 13.1. The minimum Gasteiger partial charge on any atom is -0.493 e. The fraction of sp³-hybridized carbons (Fsp3) is 0.344. The number of benzene rings is 2. The molecule has 2 aromatic carbocycles. The maximum atomic E-state index is 13.1. The predicted molar refractivity (Wildman–Crippen MR) is 149 cm³/mol. The van der Waals surface area contributed by atoms with E-state index in [9.17, 15) is 4.79 Å². The number of ketones is 1. The van der Waals surface area contributed by atoms with Gasteiger partial charge in [0, 0.05) is 34.6 Å². The first-order valence-electron chi connectivity index (χ1n) is 12.9. The second-order valence-electron chi connectivity index (χ2n) is 10.8. The molecule has 5 heteroatoms. The zero-order valence-corrected chi connectivity index (χ0v) is 22.4. The topological polar surface area (TPSA) is 61.3 Å². The van der Waals surface area contributed by atoms with Crippen LogP contribution >= 0.6 is 0 Å². The molecule has 0 N–H and O–H groups in total. The predicted octanol–water partition coefficient (Wildman–Crippen LogP) is 7.26. The summed E-state index contributed by atoms with van der Waals surface area (Å²) in [5.74, 6) is 0.818. The number of allylic oxidation sites excluding steroid dienone is 1. The van der Waals surface area contributed by atoms with Crippen LogP contribution in [0.25, 0.3) is 32.9 Å². The van der Waals surface area contributed by atoms with Crippen LogP contribution in [-0.2, 0) is 22.4 Å². The highest BCUT2D eigenvalue weighted by Gasteiger charge is 2.31. The Balaban J connectivity index is 1.87. The summed E-state index contributed by atoms with van der Waals surface area (Å²) in [5.41, 5.74) is 7.25. The molecule has 0 spiro atoms. The van der Waals surface area contributed by atoms with Crippen molar-refractivity contribution in [1.82, 2.24) is 9.97 Å². The molecule has 2 aromatic heterocycles. The van der Waals surface area contributed by atoms with E-state index >= 15 is 0 Å². The number of hydrogen-bond donors (Lipinski definition) is 0. The summed E-state index contributed by atoms with van der Waals surface area (Å²) in [7, 11) is 0. The van der Waals surface area contributed by atoms with E-state index in [0.717, 1.165) is 74.8 Å². The molecular formula is C32H34N2O3. The lowest BCUT2D eigenvalue weighted by Crippen LogP contribution is -2.27. The number of aryl methyl sites for hydroxylation is 2. The molecule has 0 unspecified atom stereocenters. The van der Waals surface area contributed by atoms with Crippen LogP contribution in [0.15, 0.2) is 55.3 Å². The standard InChI is InChI=1S/C32H34N2O3/c1-7-8-9-22-10-11-23-25(34-22)18-19(2)27(31(20(3)35)37-32(4,5)6)29(23)24-12-13-26-28-21(15-17-36-26)14-16-33-30(24)28/h7,10-14,16,18,31H,1,8-9,15,17H2,2-6H3/t31-/m1/s1. The molecule has 190 valence electrons. The largest absolute Gasteiger partial charge is 0.493 e. The van der Waals surface area contributed by atoms with Gasteiger partial charge in [-0.3, -0.25) is 14.8 Å². The number of ether oxygens (including phenoxy) is 2. The van der Waals surface area contributed by atoms with Crippen LogP contribution in [0.1, 0.15) is 62.6 Å². The summed E-state index contributed by atoms with van der Waals surface area (Å²) in [6, 6.07) is 12.4. The van der Waals surface area contributed by atoms with Gasteiger partial charge in [0.25, 0.3) is 0 Å². The summed E-state index contributed by atoms with van der Waals surface area (Å²) in [5, 5.41) is 2.02. The van der Waals surface area contributed by atoms with E-state index in [1.54, 1.807) is 6.92 Å². The number of nitrogens with zero attached hydrogens (tertiary/aromatic N) is 2. The number of hydrogen-bond acceptors (Lipinski definition) is 5. The number of Topliss-reactive ketones (excluding diaryl/α,β-unsaturated/α-hetero) is 1. The van der Waals surface area contributed by atoms with Crippen molar-refractivity contribution in [2.45, 2.75) is 65.6 Å². The van der Waals surface area contributed by atoms with E-state index in [0.29, 0.717) is 6.61 Å². The summed E-state index contributed by atoms with van der Waals surface area (Å²) >= 11 is 0. The van der Waals surface area contributed by atoms with Gasteiger partial charge in [0.2, 0.25) is 0 Å². The Morgan fingerprint density at radius 2 is 2.03 bits per heavy atom. The second kappa shape index (κ2) is 9.71. The van der Waals surface area contributed by atoms with Crippen molar-refractivity contribution < 1.29 is 14.3 Å². The highest BCUT2D eigenvalue weighted by atomic mass is 16.5. The van der Waals surface area contributed by atoms with Crippen LogP contribution in [-0.4, -0.2) is 28.0 Å². The third kappa shape index (κ3) is 4.76. The molecule has 0 bridgehead atoms. The molecule has 0 amide bonds. The molecule has 37 heavy (non-hydrogen) atoms. The minimum atomic E-state index is -0.720. The van der Waals surface area contributed by atoms with Crippen molar-refractivity contribution >= 4 is 27.6 Å². The molecule has 0 saturated heterocycles. The average molecular weight is 495 g/mol. The average Bonchev–Trinajstić information content (AvgIpc) is 2.85. The van der Waals surface area contributed by atoms with Gasteiger partial charge in [-0.2, -0.15) is 0 Å². The molecule has 5 nitrogen and oxygen atoms in total. The van der Waals surface area contributed by atoms with E-state index in [1.165, 1.54) is 5.56 Å². The van der Waals surface area contributed by atoms with Crippen molar-refractivity contribution in [3.63, 3.8) is 0 Å². The number of fused-ring (bicyclic) bond motifs is 1. The minimum absolute atomic E-state index is 0.0341. The molecule has 3 heterocycles. The fourth-order valence-corrected chi connectivity index (χ4v) is 5.28. The fourth-order valence-electron chi connectivity index (χ4n) is 5.28. The van der Waals surface area contributed by atoms with Gasteiger partial charge in [-0.15, -0.1) is 6.58 Å². The molecule has 0 radical (unpaired) electrons. The van der Waals surface area contributed by atoms with E-state index in [1.807, 2.05) is 46.0 Å². The lowest BCUT2D eigenvalue weighted by atomic mass is 9.85. The van der Waals surface area contributed by atoms with Crippen molar-refractivity contribution in [3.8, 4) is 16.9 Å². The highest BCUT2D eigenvalue weighted by molar-refractivity contribution is 6.08.